The molecule has 1 unspecified atom stereocenters. The molecule has 2 amide bonds. The van der Waals surface area contributed by atoms with Gasteiger partial charge in [-0.3, -0.25) is 9.59 Å². The third kappa shape index (κ3) is 4.40. The van der Waals surface area contributed by atoms with Crippen LogP contribution in [0.1, 0.15) is 25.8 Å². The molecular formula is C21H18ClF4N3O3. The number of hydrogen-bond donors (Lipinski definition) is 1. The van der Waals surface area contributed by atoms with E-state index in [-0.39, 0.29) is 28.4 Å². The van der Waals surface area contributed by atoms with Gasteiger partial charge in [-0.05, 0) is 43.3 Å². The summed E-state index contributed by atoms with van der Waals surface area (Å²) in [5.41, 5.74) is -0.147. The highest BCUT2D eigenvalue weighted by atomic mass is 35.5. The first-order valence-corrected chi connectivity index (χ1v) is 9.80. The molecule has 0 aliphatic carbocycles. The average molecular weight is 472 g/mol. The number of nitrogens with one attached hydrogen (secondary N) is 1. The molecule has 0 spiro atoms. The molecule has 0 aromatic heterocycles. The van der Waals surface area contributed by atoms with Crippen LogP contribution in [0.3, 0.4) is 0 Å². The molecular weight excluding hydrogens is 454 g/mol. The van der Waals surface area contributed by atoms with E-state index in [1.165, 1.54) is 56.3 Å². The van der Waals surface area contributed by atoms with Gasteiger partial charge in [0.2, 0.25) is 4.87 Å². The molecule has 1 atom stereocenters. The van der Waals surface area contributed by atoms with Gasteiger partial charge in [0.05, 0.1) is 11.4 Å². The van der Waals surface area contributed by atoms with Crippen LogP contribution in [0.5, 0.6) is 5.75 Å². The van der Waals surface area contributed by atoms with E-state index < -0.39 is 35.6 Å². The van der Waals surface area contributed by atoms with E-state index in [0.717, 1.165) is 11.1 Å². The number of hydrogen-bond acceptors (Lipinski definition) is 4. The van der Waals surface area contributed by atoms with Crippen molar-refractivity contribution in [2.45, 2.75) is 37.7 Å². The summed E-state index contributed by atoms with van der Waals surface area (Å²) in [4.78, 5) is 23.6. The predicted molar refractivity (Wildman–Crippen MR) is 112 cm³/mol. The number of alkyl halides is 5. The Balaban J connectivity index is 1.81. The fourth-order valence-corrected chi connectivity index (χ4v) is 3.18. The molecule has 170 valence electrons. The first kappa shape index (κ1) is 23.5. The Morgan fingerprint density at radius 2 is 1.91 bits per heavy atom. The highest BCUT2D eigenvalue weighted by molar-refractivity contribution is 6.61. The predicted octanol–water partition coefficient (Wildman–Crippen LogP) is 5.13. The first-order valence-electron chi connectivity index (χ1n) is 9.43. The molecule has 1 N–H and O–H groups in total. The Hall–Kier alpha value is -3.14. The van der Waals surface area contributed by atoms with Gasteiger partial charge in [0.1, 0.15) is 5.75 Å². The van der Waals surface area contributed by atoms with Crippen molar-refractivity contribution in [1.29, 1.82) is 0 Å². The minimum atomic E-state index is -3.09. The second-order valence-corrected chi connectivity index (χ2v) is 7.49. The van der Waals surface area contributed by atoms with E-state index in [1.54, 1.807) is 0 Å². The van der Waals surface area contributed by atoms with Gasteiger partial charge in [0.25, 0.3) is 17.7 Å². The smallest absolute Gasteiger partial charge is 0.387 e. The number of amides is 2. The van der Waals surface area contributed by atoms with Gasteiger partial charge in [0, 0.05) is 17.7 Å². The Bertz CT molecular complexity index is 1060. The van der Waals surface area contributed by atoms with Crippen molar-refractivity contribution in [3.8, 4) is 5.75 Å². The van der Waals surface area contributed by atoms with Gasteiger partial charge in [-0.25, -0.2) is 8.78 Å². The third-order valence-electron chi connectivity index (χ3n) is 4.84. The summed E-state index contributed by atoms with van der Waals surface area (Å²) < 4.78 is 56.8. The maximum absolute atomic E-state index is 14.0. The van der Waals surface area contributed by atoms with Crippen molar-refractivity contribution >= 4 is 40.5 Å². The molecule has 6 nitrogen and oxygen atoms in total. The number of carbonyl (C=O) groups excluding carboxylic acids is 2. The summed E-state index contributed by atoms with van der Waals surface area (Å²) in [6, 6.07) is 10.1. The van der Waals surface area contributed by atoms with Gasteiger partial charge in [-0.1, -0.05) is 30.7 Å². The number of rotatable bonds is 7. The second-order valence-electron chi connectivity index (χ2n) is 6.93. The minimum absolute atomic E-state index is 0.0354. The van der Waals surface area contributed by atoms with Crippen LogP contribution >= 0.6 is 11.6 Å². The molecule has 3 rings (SSSR count). The zero-order chi connectivity index (χ0) is 23.7. The normalized spacial score (nSPS) is 18.7. The molecule has 11 heteroatoms. The summed E-state index contributed by atoms with van der Waals surface area (Å²) in [6.45, 7) is -0.318. The van der Waals surface area contributed by atoms with Crippen LogP contribution in [0.4, 0.5) is 28.9 Å². The summed E-state index contributed by atoms with van der Waals surface area (Å²) in [6.07, 6.45) is -0.426. The van der Waals surface area contributed by atoms with Gasteiger partial charge in [0.15, 0.2) is 0 Å². The lowest BCUT2D eigenvalue weighted by molar-refractivity contribution is -0.126. The summed E-state index contributed by atoms with van der Waals surface area (Å²) >= 11 is 6.37. The Labute approximate surface area is 185 Å². The molecule has 32 heavy (non-hydrogen) atoms. The van der Waals surface area contributed by atoms with E-state index in [2.05, 4.69) is 15.2 Å². The summed E-state index contributed by atoms with van der Waals surface area (Å²) in [5, 5.41) is 7.26. The van der Waals surface area contributed by atoms with Crippen LogP contribution in [-0.2, 0) is 15.5 Å². The fraction of sp³-hybridized carbons (Fsp3) is 0.286. The highest BCUT2D eigenvalue weighted by Crippen LogP contribution is 2.35. The van der Waals surface area contributed by atoms with Crippen LogP contribution in [0.15, 0.2) is 53.6 Å². The largest absolute Gasteiger partial charge is 0.435 e. The van der Waals surface area contributed by atoms with Crippen molar-refractivity contribution in [2.24, 2.45) is 5.10 Å². The van der Waals surface area contributed by atoms with E-state index in [4.69, 9.17) is 11.6 Å². The number of nitrogens with zero attached hydrogens (tertiary/aromatic N) is 2. The number of hydrazone groups is 1. The van der Waals surface area contributed by atoms with Crippen molar-refractivity contribution in [3.05, 3.63) is 54.1 Å². The van der Waals surface area contributed by atoms with E-state index in [9.17, 15) is 27.2 Å². The standard InChI is InChI=1S/C21H18ClF4N3O3/c1-3-20(25,26)13-5-4-6-14(11-13)27-17(30)21(22)12(2)28-29(18(21)31)15-7-9-16(10-8-15)32-19(23)24/h4-11,19H,3H2,1-2H3,(H,27,30). The molecule has 1 aliphatic rings. The molecule has 0 radical (unpaired) electrons. The average Bonchev–Trinajstić information content (AvgIpc) is 2.99. The zero-order valence-electron chi connectivity index (χ0n) is 16.9. The topological polar surface area (TPSA) is 71.0 Å². The van der Waals surface area contributed by atoms with E-state index in [0.29, 0.717) is 0 Å². The second kappa shape index (κ2) is 8.78. The number of ether oxygens (including phenoxy) is 1. The van der Waals surface area contributed by atoms with Crippen LogP contribution < -0.4 is 15.1 Å². The van der Waals surface area contributed by atoms with Crippen molar-refractivity contribution in [1.82, 2.24) is 0 Å². The molecule has 2 aromatic carbocycles. The molecule has 1 heterocycles. The Morgan fingerprint density at radius 3 is 2.50 bits per heavy atom. The van der Waals surface area contributed by atoms with E-state index in [1.807, 2.05) is 0 Å². The highest BCUT2D eigenvalue weighted by Gasteiger charge is 2.54. The molecule has 0 saturated carbocycles. The van der Waals surface area contributed by atoms with Crippen molar-refractivity contribution in [3.63, 3.8) is 0 Å². The molecule has 0 bridgehead atoms. The van der Waals surface area contributed by atoms with Gasteiger partial charge in [-0.15, -0.1) is 0 Å². The monoisotopic (exact) mass is 471 g/mol. The summed E-state index contributed by atoms with van der Waals surface area (Å²) in [7, 11) is 0. The summed E-state index contributed by atoms with van der Waals surface area (Å²) in [5.74, 6) is -5.10. The maximum atomic E-state index is 14.0. The molecule has 2 aromatic rings. The molecule has 0 fully saturated rings. The number of carbonyl (C=O) groups is 2. The van der Waals surface area contributed by atoms with Crippen molar-refractivity contribution < 1.29 is 31.9 Å². The third-order valence-corrected chi connectivity index (χ3v) is 5.45. The number of anilines is 2. The van der Waals surface area contributed by atoms with E-state index >= 15 is 0 Å². The van der Waals surface area contributed by atoms with Crippen LogP contribution in [0.25, 0.3) is 0 Å². The van der Waals surface area contributed by atoms with Crippen LogP contribution in [0.2, 0.25) is 0 Å². The lowest BCUT2D eigenvalue weighted by Crippen LogP contribution is -2.50. The van der Waals surface area contributed by atoms with Gasteiger partial charge < -0.3 is 10.1 Å². The number of benzene rings is 2. The maximum Gasteiger partial charge on any atom is 0.387 e. The quantitative estimate of drug-likeness (QED) is 0.346. The fourth-order valence-electron chi connectivity index (χ4n) is 3.02. The van der Waals surface area contributed by atoms with Gasteiger partial charge in [-0.2, -0.15) is 18.9 Å². The van der Waals surface area contributed by atoms with Crippen LogP contribution in [0, 0.1) is 0 Å². The molecule has 0 saturated heterocycles. The zero-order valence-corrected chi connectivity index (χ0v) is 17.7. The molecule has 1 aliphatic heterocycles. The van der Waals surface area contributed by atoms with Crippen molar-refractivity contribution in [2.75, 3.05) is 10.3 Å². The SMILES string of the molecule is CCC(F)(F)c1cccc(NC(=O)C2(Cl)C(=O)N(c3ccc(OC(F)F)cc3)N=C2C)c1. The Kier molecular flexibility index (Phi) is 6.45. The first-order chi connectivity index (χ1) is 15.0. The Morgan fingerprint density at radius 1 is 1.25 bits per heavy atom. The number of halogens is 5. The van der Waals surface area contributed by atoms with Gasteiger partial charge >= 0.3 is 6.61 Å². The lowest BCUT2D eigenvalue weighted by Gasteiger charge is -2.21. The lowest BCUT2D eigenvalue weighted by atomic mass is 10.0. The minimum Gasteiger partial charge on any atom is -0.435 e. The van der Waals surface area contributed by atoms with Crippen LogP contribution in [-0.4, -0.2) is 29.0 Å².